The predicted octanol–water partition coefficient (Wildman–Crippen LogP) is 1.01. The Labute approximate surface area is 214 Å². The van der Waals surface area contributed by atoms with Crippen molar-refractivity contribution in [3.8, 4) is 0 Å². The number of ether oxygens (including phenoxy) is 3. The van der Waals surface area contributed by atoms with Crippen molar-refractivity contribution in [1.29, 1.82) is 0 Å². The number of nitrogens with zero attached hydrogens (tertiary/aromatic N) is 6. The molecule has 0 aliphatic heterocycles. The lowest BCUT2D eigenvalue weighted by molar-refractivity contribution is 0.0517. The number of rotatable bonds is 7. The van der Waals surface area contributed by atoms with Gasteiger partial charge in [-0.3, -0.25) is 14.5 Å². The van der Waals surface area contributed by atoms with Crippen molar-refractivity contribution >= 4 is 35.4 Å². The summed E-state index contributed by atoms with van der Waals surface area (Å²) in [6.07, 6.45) is 4.54. The molecule has 0 saturated heterocycles. The number of aryl methyl sites for hydroxylation is 2. The summed E-state index contributed by atoms with van der Waals surface area (Å²) in [4.78, 5) is 35.4. The van der Waals surface area contributed by atoms with E-state index in [9.17, 15) is 14.4 Å². The maximum atomic E-state index is 11.5. The van der Waals surface area contributed by atoms with Crippen LogP contribution in [-0.2, 0) is 28.3 Å². The number of aromatic amines is 1. The zero-order chi connectivity index (χ0) is 28.1. The highest BCUT2D eigenvalue weighted by atomic mass is 16.5. The third-order valence-electron chi connectivity index (χ3n) is 4.25. The van der Waals surface area contributed by atoms with Crippen LogP contribution in [-0.4, -0.2) is 81.6 Å². The maximum absolute atomic E-state index is 11.5. The zero-order valence-corrected chi connectivity index (χ0v) is 22.1. The fourth-order valence-electron chi connectivity index (χ4n) is 2.70. The SMILES string of the molecule is CCOC(=O)c1cn(C)nc1N.CCOC(=O)c1cn(C)nc1N(C)C.CCOC(=O)c1cn[nH]c1N. The molecule has 0 amide bonds. The van der Waals surface area contributed by atoms with E-state index in [4.69, 9.17) is 20.9 Å². The summed E-state index contributed by atoms with van der Waals surface area (Å²) >= 11 is 0. The number of nitrogen functional groups attached to an aromatic ring is 2. The molecule has 15 heteroatoms. The van der Waals surface area contributed by atoms with Gasteiger partial charge in [0.25, 0.3) is 0 Å². The standard InChI is InChI=1S/C9H15N3O2.C7H11N3O2.C6H9N3O2/c1-5-14-9(13)7-6-12(4)10-8(7)11(2)3;1-3-12-7(11)5-4-10(2)9-6(5)8;1-2-11-6(10)4-3-8-9-5(4)7/h6H,5H2,1-4H3;4H,3H2,1-2H3,(H2,8,9);3H,2H2,1H3,(H3,7,8,9). The van der Waals surface area contributed by atoms with E-state index in [0.29, 0.717) is 36.8 Å². The van der Waals surface area contributed by atoms with E-state index in [1.165, 1.54) is 17.1 Å². The lowest BCUT2D eigenvalue weighted by Crippen LogP contribution is -2.14. The number of hydrogen-bond donors (Lipinski definition) is 3. The normalized spacial score (nSPS) is 9.81. The second-order valence-corrected chi connectivity index (χ2v) is 7.39. The van der Waals surface area contributed by atoms with Gasteiger partial charge >= 0.3 is 17.9 Å². The molecular formula is C22H35N9O6. The minimum absolute atomic E-state index is 0.205. The Kier molecular flexibility index (Phi) is 12.1. The molecule has 0 radical (unpaired) electrons. The van der Waals surface area contributed by atoms with Crippen molar-refractivity contribution in [2.45, 2.75) is 20.8 Å². The molecule has 0 aromatic carbocycles. The first kappa shape index (κ1) is 30.5. The number of esters is 3. The Morgan fingerprint density at radius 1 is 0.838 bits per heavy atom. The minimum Gasteiger partial charge on any atom is -0.462 e. The molecule has 37 heavy (non-hydrogen) atoms. The molecule has 3 aromatic heterocycles. The van der Waals surface area contributed by atoms with E-state index in [2.05, 4.69) is 25.1 Å². The van der Waals surface area contributed by atoms with Gasteiger partial charge in [-0.2, -0.15) is 15.3 Å². The third-order valence-corrected chi connectivity index (χ3v) is 4.25. The molecular weight excluding hydrogens is 486 g/mol. The monoisotopic (exact) mass is 521 g/mol. The third kappa shape index (κ3) is 9.19. The van der Waals surface area contributed by atoms with Crippen LogP contribution in [0, 0.1) is 0 Å². The average Bonchev–Trinajstić information content (AvgIpc) is 3.53. The van der Waals surface area contributed by atoms with E-state index in [0.717, 1.165) is 0 Å². The van der Waals surface area contributed by atoms with Gasteiger partial charge in [-0.15, -0.1) is 0 Å². The number of aromatic nitrogens is 6. The van der Waals surface area contributed by atoms with Crippen molar-refractivity contribution in [2.75, 3.05) is 50.3 Å². The molecule has 0 spiro atoms. The quantitative estimate of drug-likeness (QED) is 0.295. The van der Waals surface area contributed by atoms with Gasteiger partial charge in [-0.25, -0.2) is 14.4 Å². The molecule has 3 rings (SSSR count). The second-order valence-electron chi connectivity index (χ2n) is 7.39. The van der Waals surface area contributed by atoms with Gasteiger partial charge in [-0.05, 0) is 20.8 Å². The number of nitrogens with two attached hydrogens (primary N) is 2. The number of carbonyl (C=O) groups is 3. The minimum atomic E-state index is -0.446. The number of nitrogens with one attached hydrogen (secondary N) is 1. The molecule has 15 nitrogen and oxygen atoms in total. The Morgan fingerprint density at radius 2 is 1.30 bits per heavy atom. The van der Waals surface area contributed by atoms with E-state index < -0.39 is 11.9 Å². The maximum Gasteiger partial charge on any atom is 0.343 e. The molecule has 0 bridgehead atoms. The smallest absolute Gasteiger partial charge is 0.343 e. The van der Waals surface area contributed by atoms with E-state index in [1.54, 1.807) is 50.6 Å². The van der Waals surface area contributed by atoms with Gasteiger partial charge in [-0.1, -0.05) is 0 Å². The molecule has 0 atom stereocenters. The molecule has 0 saturated carbocycles. The van der Waals surface area contributed by atoms with Gasteiger partial charge in [0.2, 0.25) is 0 Å². The Balaban J connectivity index is 0.000000280. The number of carbonyl (C=O) groups excluding carboxylic acids is 3. The number of anilines is 3. The van der Waals surface area contributed by atoms with Crippen molar-refractivity contribution in [3.05, 3.63) is 35.3 Å². The fourth-order valence-corrected chi connectivity index (χ4v) is 2.70. The zero-order valence-electron chi connectivity index (χ0n) is 22.1. The summed E-state index contributed by atoms with van der Waals surface area (Å²) in [7, 11) is 7.14. The largest absolute Gasteiger partial charge is 0.462 e. The van der Waals surface area contributed by atoms with Crippen LogP contribution < -0.4 is 16.4 Å². The van der Waals surface area contributed by atoms with Crippen molar-refractivity contribution in [2.24, 2.45) is 14.1 Å². The van der Waals surface area contributed by atoms with Gasteiger partial charge < -0.3 is 30.6 Å². The first-order chi connectivity index (χ1) is 17.5. The molecule has 0 fully saturated rings. The van der Waals surface area contributed by atoms with Crippen molar-refractivity contribution in [3.63, 3.8) is 0 Å². The summed E-state index contributed by atoms with van der Waals surface area (Å²) in [5, 5.41) is 14.0. The first-order valence-electron chi connectivity index (χ1n) is 11.3. The summed E-state index contributed by atoms with van der Waals surface area (Å²) in [5.74, 6) is -0.128. The number of hydrogen-bond acceptors (Lipinski definition) is 12. The first-order valence-corrected chi connectivity index (χ1v) is 11.3. The number of H-pyrrole nitrogens is 1. The molecule has 3 aromatic rings. The highest BCUT2D eigenvalue weighted by molar-refractivity contribution is 5.95. The topological polar surface area (TPSA) is 198 Å². The molecule has 5 N–H and O–H groups in total. The highest BCUT2D eigenvalue weighted by Crippen LogP contribution is 2.16. The van der Waals surface area contributed by atoms with Crippen molar-refractivity contribution in [1.82, 2.24) is 29.8 Å². The lowest BCUT2D eigenvalue weighted by Gasteiger charge is -2.09. The van der Waals surface area contributed by atoms with Crippen molar-refractivity contribution < 1.29 is 28.6 Å². The lowest BCUT2D eigenvalue weighted by atomic mass is 10.3. The van der Waals surface area contributed by atoms with Crippen LogP contribution in [0.3, 0.4) is 0 Å². The fraction of sp³-hybridized carbons (Fsp3) is 0.455. The Hall–Kier alpha value is -4.56. The van der Waals surface area contributed by atoms with Crippen LogP contribution in [0.4, 0.5) is 17.5 Å². The summed E-state index contributed by atoms with van der Waals surface area (Å²) in [5.41, 5.74) is 11.9. The van der Waals surface area contributed by atoms with Gasteiger partial charge in [0.1, 0.15) is 22.5 Å². The second kappa shape index (κ2) is 14.8. The highest BCUT2D eigenvalue weighted by Gasteiger charge is 2.18. The summed E-state index contributed by atoms with van der Waals surface area (Å²) in [6, 6.07) is 0. The molecule has 0 unspecified atom stereocenters. The van der Waals surface area contributed by atoms with E-state index in [1.807, 2.05) is 14.1 Å². The van der Waals surface area contributed by atoms with E-state index >= 15 is 0 Å². The van der Waals surface area contributed by atoms with Crippen LogP contribution in [0.15, 0.2) is 18.6 Å². The molecule has 3 heterocycles. The molecule has 0 aliphatic carbocycles. The van der Waals surface area contributed by atoms with Crippen LogP contribution in [0.25, 0.3) is 0 Å². The van der Waals surface area contributed by atoms with Crippen LogP contribution in [0.5, 0.6) is 0 Å². The molecule has 204 valence electrons. The van der Waals surface area contributed by atoms with Crippen LogP contribution in [0.2, 0.25) is 0 Å². The van der Waals surface area contributed by atoms with Gasteiger partial charge in [0, 0.05) is 40.6 Å². The molecule has 0 aliphatic rings. The van der Waals surface area contributed by atoms with E-state index in [-0.39, 0.29) is 23.2 Å². The summed E-state index contributed by atoms with van der Waals surface area (Å²) < 4.78 is 17.4. The van der Waals surface area contributed by atoms with Gasteiger partial charge in [0.15, 0.2) is 11.6 Å². The predicted molar refractivity (Wildman–Crippen MR) is 136 cm³/mol. The van der Waals surface area contributed by atoms with Gasteiger partial charge in [0.05, 0.1) is 26.0 Å². The Morgan fingerprint density at radius 3 is 1.70 bits per heavy atom. The summed E-state index contributed by atoms with van der Waals surface area (Å²) in [6.45, 7) is 6.31. The van der Waals surface area contributed by atoms with Crippen LogP contribution >= 0.6 is 0 Å². The Bertz CT molecular complexity index is 1170. The average molecular weight is 522 g/mol. The van der Waals surface area contributed by atoms with Crippen LogP contribution in [0.1, 0.15) is 51.8 Å².